The monoisotopic (exact) mass is 168 g/mol. The van der Waals surface area contributed by atoms with Crippen LogP contribution in [-0.2, 0) is 0 Å². The van der Waals surface area contributed by atoms with Crippen molar-refractivity contribution in [1.82, 2.24) is 0 Å². The summed E-state index contributed by atoms with van der Waals surface area (Å²) in [5.41, 5.74) is 0.141. The number of hydrogen-bond donors (Lipinski definition) is 1. The summed E-state index contributed by atoms with van der Waals surface area (Å²) in [5, 5.41) is 8.69. The molecule has 0 aliphatic heterocycles. The van der Waals surface area contributed by atoms with E-state index in [1.165, 1.54) is 6.08 Å². The molecule has 0 amide bonds. The second-order valence-electron chi connectivity index (χ2n) is 2.14. The fraction of sp³-hybridized carbons (Fsp3) is 0.111. The van der Waals surface area contributed by atoms with E-state index in [2.05, 4.69) is 0 Å². The summed E-state index contributed by atoms with van der Waals surface area (Å²) in [6.45, 7) is 0. The van der Waals surface area contributed by atoms with Gasteiger partial charge in [0, 0.05) is 0 Å². The van der Waals surface area contributed by atoms with Crippen molar-refractivity contribution in [3.05, 3.63) is 42.0 Å². The van der Waals surface area contributed by atoms with Crippen molar-refractivity contribution in [2.24, 2.45) is 0 Å². The van der Waals surface area contributed by atoms with Crippen LogP contribution in [0.3, 0.4) is 0 Å². The van der Waals surface area contributed by atoms with E-state index in [9.17, 15) is 0 Å². The first kappa shape index (κ1) is 8.31. The van der Waals surface area contributed by atoms with E-state index in [0.717, 1.165) is 5.56 Å². The molecule has 1 aromatic rings. The standard InChI is InChI=1S/C9H9ClO/c10-9(11)7-6-8-4-2-1-3-5-8/h1-7,9,11H. The van der Waals surface area contributed by atoms with Crippen LogP contribution in [0.5, 0.6) is 0 Å². The van der Waals surface area contributed by atoms with Crippen molar-refractivity contribution in [2.75, 3.05) is 0 Å². The van der Waals surface area contributed by atoms with E-state index >= 15 is 0 Å². The summed E-state index contributed by atoms with van der Waals surface area (Å²) in [4.78, 5) is 0. The Labute approximate surface area is 70.9 Å². The molecule has 1 aromatic carbocycles. The van der Waals surface area contributed by atoms with Gasteiger partial charge < -0.3 is 5.11 Å². The highest BCUT2D eigenvalue weighted by molar-refractivity contribution is 6.20. The van der Waals surface area contributed by atoms with Crippen molar-refractivity contribution in [2.45, 2.75) is 5.56 Å². The Morgan fingerprint density at radius 2 is 1.91 bits per heavy atom. The van der Waals surface area contributed by atoms with Gasteiger partial charge in [0.05, 0.1) is 0 Å². The lowest BCUT2D eigenvalue weighted by atomic mass is 10.2. The summed E-state index contributed by atoms with van der Waals surface area (Å²) in [5.74, 6) is 0. The number of halogens is 1. The minimum atomic E-state index is -0.893. The van der Waals surface area contributed by atoms with Gasteiger partial charge in [-0.3, -0.25) is 0 Å². The van der Waals surface area contributed by atoms with Gasteiger partial charge in [0.15, 0.2) is 0 Å². The Balaban J connectivity index is 2.65. The molecule has 2 heteroatoms. The van der Waals surface area contributed by atoms with Crippen LogP contribution in [-0.4, -0.2) is 10.7 Å². The van der Waals surface area contributed by atoms with Gasteiger partial charge in [-0.25, -0.2) is 0 Å². The lowest BCUT2D eigenvalue weighted by Crippen LogP contribution is -1.86. The zero-order valence-electron chi connectivity index (χ0n) is 5.94. The summed E-state index contributed by atoms with van der Waals surface area (Å²) >= 11 is 5.30. The number of benzene rings is 1. The average Bonchev–Trinajstić information content (AvgIpc) is 2.03. The first-order valence-electron chi connectivity index (χ1n) is 3.34. The number of aliphatic hydroxyl groups excluding tert-OH is 1. The molecule has 0 aromatic heterocycles. The van der Waals surface area contributed by atoms with Crippen molar-refractivity contribution in [3.8, 4) is 0 Å². The van der Waals surface area contributed by atoms with Crippen molar-refractivity contribution >= 4 is 17.7 Å². The summed E-state index contributed by atoms with van der Waals surface area (Å²) in [6, 6.07) is 9.68. The largest absolute Gasteiger partial charge is 0.374 e. The van der Waals surface area contributed by atoms with Crippen LogP contribution < -0.4 is 0 Å². The molecule has 0 fully saturated rings. The molecular formula is C9H9ClO. The Bertz CT molecular complexity index is 229. The fourth-order valence-electron chi connectivity index (χ4n) is 0.755. The molecule has 11 heavy (non-hydrogen) atoms. The average molecular weight is 169 g/mol. The van der Waals surface area contributed by atoms with Gasteiger partial charge in [-0.2, -0.15) is 0 Å². The van der Waals surface area contributed by atoms with Gasteiger partial charge in [0.25, 0.3) is 0 Å². The first-order chi connectivity index (χ1) is 5.29. The van der Waals surface area contributed by atoms with Crippen molar-refractivity contribution in [1.29, 1.82) is 0 Å². The Hall–Kier alpha value is -0.790. The van der Waals surface area contributed by atoms with Crippen LogP contribution >= 0.6 is 11.6 Å². The third kappa shape index (κ3) is 3.21. The van der Waals surface area contributed by atoms with E-state index in [4.69, 9.17) is 16.7 Å². The molecule has 0 saturated carbocycles. The maximum absolute atomic E-state index is 8.69. The molecule has 0 spiro atoms. The van der Waals surface area contributed by atoms with Gasteiger partial charge in [0.2, 0.25) is 0 Å². The first-order valence-corrected chi connectivity index (χ1v) is 3.78. The number of rotatable bonds is 2. The zero-order valence-corrected chi connectivity index (χ0v) is 6.70. The Kier molecular flexibility index (Phi) is 3.14. The molecular weight excluding hydrogens is 160 g/mol. The van der Waals surface area contributed by atoms with Crippen LogP contribution in [0.15, 0.2) is 36.4 Å². The molecule has 0 radical (unpaired) electrons. The molecule has 1 N–H and O–H groups in total. The smallest absolute Gasteiger partial charge is 0.146 e. The second kappa shape index (κ2) is 4.16. The predicted molar refractivity (Wildman–Crippen MR) is 47.3 cm³/mol. The summed E-state index contributed by atoms with van der Waals surface area (Å²) in [7, 11) is 0. The molecule has 0 saturated heterocycles. The van der Waals surface area contributed by atoms with Gasteiger partial charge in [-0.15, -0.1) is 0 Å². The molecule has 58 valence electrons. The van der Waals surface area contributed by atoms with Gasteiger partial charge in [0.1, 0.15) is 5.56 Å². The molecule has 0 heterocycles. The third-order valence-electron chi connectivity index (χ3n) is 1.25. The lowest BCUT2D eigenvalue weighted by molar-refractivity contribution is 0.304. The fourth-order valence-corrected chi connectivity index (χ4v) is 0.827. The summed E-state index contributed by atoms with van der Waals surface area (Å²) < 4.78 is 0. The van der Waals surface area contributed by atoms with E-state index in [0.29, 0.717) is 0 Å². The molecule has 1 unspecified atom stereocenters. The highest BCUT2D eigenvalue weighted by atomic mass is 35.5. The topological polar surface area (TPSA) is 20.2 Å². The number of hydrogen-bond acceptors (Lipinski definition) is 1. The highest BCUT2D eigenvalue weighted by Crippen LogP contribution is 2.02. The Morgan fingerprint density at radius 3 is 2.45 bits per heavy atom. The molecule has 0 bridgehead atoms. The maximum atomic E-state index is 8.69. The van der Waals surface area contributed by atoms with Crippen molar-refractivity contribution < 1.29 is 5.11 Å². The SMILES string of the molecule is OC(Cl)C=Cc1ccccc1. The molecule has 0 aliphatic rings. The maximum Gasteiger partial charge on any atom is 0.146 e. The van der Waals surface area contributed by atoms with E-state index in [1.54, 1.807) is 6.08 Å². The third-order valence-corrected chi connectivity index (χ3v) is 1.39. The predicted octanol–water partition coefficient (Wildman–Crippen LogP) is 2.26. The highest BCUT2D eigenvalue weighted by Gasteiger charge is 1.87. The van der Waals surface area contributed by atoms with Crippen LogP contribution in [0.4, 0.5) is 0 Å². The van der Waals surface area contributed by atoms with E-state index < -0.39 is 5.56 Å². The molecule has 0 aliphatic carbocycles. The second-order valence-corrected chi connectivity index (χ2v) is 2.59. The summed E-state index contributed by atoms with van der Waals surface area (Å²) in [6.07, 6.45) is 3.30. The van der Waals surface area contributed by atoms with Crippen molar-refractivity contribution in [3.63, 3.8) is 0 Å². The Morgan fingerprint density at radius 1 is 1.27 bits per heavy atom. The van der Waals surface area contributed by atoms with E-state index in [1.807, 2.05) is 30.3 Å². The number of aliphatic hydroxyl groups is 1. The number of alkyl halides is 1. The lowest BCUT2D eigenvalue weighted by Gasteiger charge is -1.92. The van der Waals surface area contributed by atoms with E-state index in [-0.39, 0.29) is 0 Å². The van der Waals surface area contributed by atoms with Gasteiger partial charge in [-0.1, -0.05) is 48.0 Å². The normalized spacial score (nSPS) is 13.6. The van der Waals surface area contributed by atoms with Gasteiger partial charge >= 0.3 is 0 Å². The zero-order chi connectivity index (χ0) is 8.10. The minimum Gasteiger partial charge on any atom is -0.374 e. The quantitative estimate of drug-likeness (QED) is 0.672. The molecule has 1 atom stereocenters. The molecule has 1 nitrogen and oxygen atoms in total. The van der Waals surface area contributed by atoms with Crippen LogP contribution in [0.25, 0.3) is 6.08 Å². The van der Waals surface area contributed by atoms with Crippen LogP contribution in [0.1, 0.15) is 5.56 Å². The minimum absolute atomic E-state index is 0.893. The van der Waals surface area contributed by atoms with Crippen LogP contribution in [0.2, 0.25) is 0 Å². The van der Waals surface area contributed by atoms with Crippen LogP contribution in [0, 0.1) is 0 Å². The molecule has 1 rings (SSSR count). The van der Waals surface area contributed by atoms with Gasteiger partial charge in [-0.05, 0) is 11.6 Å².